The fourth-order valence-corrected chi connectivity index (χ4v) is 1.23. The van der Waals surface area contributed by atoms with Crippen molar-refractivity contribution in [3.63, 3.8) is 0 Å². The van der Waals surface area contributed by atoms with E-state index in [9.17, 15) is 0 Å². The van der Waals surface area contributed by atoms with E-state index in [1.807, 2.05) is 18.2 Å². The number of rotatable bonds is 2. The molecule has 0 aliphatic heterocycles. The van der Waals surface area contributed by atoms with Gasteiger partial charge in [-0.2, -0.15) is 0 Å². The second-order valence-electron chi connectivity index (χ2n) is 3.07. The fourth-order valence-electron chi connectivity index (χ4n) is 1.23. The summed E-state index contributed by atoms with van der Waals surface area (Å²) < 4.78 is 4.97. The number of nitrogen functional groups attached to an aromatic ring is 1. The molecule has 2 aromatic rings. The first kappa shape index (κ1) is 9.45. The molecule has 2 aromatic heterocycles. The molecule has 0 aromatic carbocycles. The van der Waals surface area contributed by atoms with Crippen LogP contribution in [0.2, 0.25) is 0 Å². The Kier molecular flexibility index (Phi) is 2.49. The Balaban J connectivity index is 2.33. The Morgan fingerprint density at radius 1 is 1.07 bits per heavy atom. The molecule has 0 unspecified atom stereocenters. The first-order valence-electron chi connectivity index (χ1n) is 4.51. The van der Waals surface area contributed by atoms with E-state index in [0.717, 1.165) is 11.3 Å². The number of nitrogens with zero attached hydrogens (tertiary/aromatic N) is 2. The summed E-state index contributed by atoms with van der Waals surface area (Å²) in [6, 6.07) is 7.38. The topological polar surface area (TPSA) is 61.0 Å². The van der Waals surface area contributed by atoms with Gasteiger partial charge in [0, 0.05) is 17.8 Å². The Morgan fingerprint density at radius 3 is 2.47 bits per heavy atom. The normalized spacial score (nSPS) is 9.93. The molecule has 2 rings (SSSR count). The largest absolute Gasteiger partial charge is 0.481 e. The summed E-state index contributed by atoms with van der Waals surface area (Å²) in [5.41, 5.74) is 7.99. The van der Waals surface area contributed by atoms with Gasteiger partial charge in [-0.05, 0) is 18.2 Å². The molecule has 4 heteroatoms. The van der Waals surface area contributed by atoms with Crippen LogP contribution < -0.4 is 10.5 Å². The third kappa shape index (κ3) is 2.04. The number of hydrogen-bond acceptors (Lipinski definition) is 4. The summed E-state index contributed by atoms with van der Waals surface area (Å²) in [7, 11) is 1.59. The number of methoxy groups -OCH3 is 1. The molecule has 0 atom stereocenters. The van der Waals surface area contributed by atoms with Crippen LogP contribution in [-0.2, 0) is 0 Å². The molecule has 0 bridgehead atoms. The molecule has 0 aliphatic carbocycles. The number of aromatic nitrogens is 2. The second-order valence-corrected chi connectivity index (χ2v) is 3.07. The van der Waals surface area contributed by atoms with E-state index in [1.165, 1.54) is 0 Å². The monoisotopic (exact) mass is 201 g/mol. The predicted octanol–water partition coefficient (Wildman–Crippen LogP) is 1.73. The average Bonchev–Trinajstić information content (AvgIpc) is 2.30. The fraction of sp³-hybridized carbons (Fsp3) is 0.0909. The molecule has 0 saturated heterocycles. The van der Waals surface area contributed by atoms with Gasteiger partial charge in [0.1, 0.15) is 0 Å². The van der Waals surface area contributed by atoms with Gasteiger partial charge in [-0.15, -0.1) is 0 Å². The second kappa shape index (κ2) is 3.96. The lowest BCUT2D eigenvalue weighted by Crippen LogP contribution is -1.90. The lowest BCUT2D eigenvalue weighted by molar-refractivity contribution is 0.398. The quantitative estimate of drug-likeness (QED) is 0.803. The van der Waals surface area contributed by atoms with Gasteiger partial charge in [0.25, 0.3) is 0 Å². The van der Waals surface area contributed by atoms with Crippen molar-refractivity contribution < 1.29 is 4.74 Å². The van der Waals surface area contributed by atoms with Gasteiger partial charge in [0.15, 0.2) is 0 Å². The van der Waals surface area contributed by atoms with E-state index < -0.39 is 0 Å². The maximum absolute atomic E-state index is 5.55. The number of nitrogens with two attached hydrogens (primary N) is 1. The average molecular weight is 201 g/mol. The number of ether oxygens (including phenoxy) is 1. The number of anilines is 1. The van der Waals surface area contributed by atoms with E-state index in [2.05, 4.69) is 9.97 Å². The summed E-state index contributed by atoms with van der Waals surface area (Å²) in [6.07, 6.45) is 3.34. The highest BCUT2D eigenvalue weighted by Gasteiger charge is 1.99. The van der Waals surface area contributed by atoms with Crippen molar-refractivity contribution >= 4 is 5.69 Å². The van der Waals surface area contributed by atoms with Crippen LogP contribution in [0, 0.1) is 0 Å². The van der Waals surface area contributed by atoms with Gasteiger partial charge in [-0.25, -0.2) is 4.98 Å². The highest BCUT2D eigenvalue weighted by atomic mass is 16.5. The van der Waals surface area contributed by atoms with Crippen LogP contribution in [0.4, 0.5) is 5.69 Å². The Hall–Kier alpha value is -2.10. The van der Waals surface area contributed by atoms with Gasteiger partial charge in [-0.1, -0.05) is 0 Å². The first-order chi connectivity index (χ1) is 7.29. The van der Waals surface area contributed by atoms with Crippen molar-refractivity contribution in [2.45, 2.75) is 0 Å². The highest BCUT2D eigenvalue weighted by Crippen LogP contribution is 2.18. The predicted molar refractivity (Wildman–Crippen MR) is 58.4 cm³/mol. The molecule has 0 spiro atoms. The Bertz CT molecular complexity index is 436. The lowest BCUT2D eigenvalue weighted by Gasteiger charge is -2.02. The lowest BCUT2D eigenvalue weighted by atomic mass is 10.2. The van der Waals surface area contributed by atoms with Gasteiger partial charge in [0.05, 0.1) is 24.7 Å². The Morgan fingerprint density at radius 2 is 1.93 bits per heavy atom. The zero-order valence-electron chi connectivity index (χ0n) is 8.34. The minimum atomic E-state index is 0.592. The molecular formula is C11H11N3O. The van der Waals surface area contributed by atoms with Crippen LogP contribution in [-0.4, -0.2) is 17.1 Å². The highest BCUT2D eigenvalue weighted by molar-refractivity contribution is 5.59. The molecule has 4 nitrogen and oxygen atoms in total. The van der Waals surface area contributed by atoms with Crippen LogP contribution in [0.3, 0.4) is 0 Å². The van der Waals surface area contributed by atoms with Crippen LogP contribution in [0.5, 0.6) is 5.88 Å². The van der Waals surface area contributed by atoms with Crippen molar-refractivity contribution in [3.05, 3.63) is 36.7 Å². The smallest absolute Gasteiger partial charge is 0.212 e. The summed E-state index contributed by atoms with van der Waals surface area (Å²) in [5.74, 6) is 0.592. The molecule has 0 amide bonds. The van der Waals surface area contributed by atoms with Crippen molar-refractivity contribution in [1.29, 1.82) is 0 Å². The van der Waals surface area contributed by atoms with Crippen molar-refractivity contribution in [3.8, 4) is 17.1 Å². The van der Waals surface area contributed by atoms with Gasteiger partial charge in [-0.3, -0.25) is 4.98 Å². The molecule has 0 fully saturated rings. The summed E-state index contributed by atoms with van der Waals surface area (Å²) in [6.45, 7) is 0. The maximum atomic E-state index is 5.55. The van der Waals surface area contributed by atoms with E-state index in [0.29, 0.717) is 11.6 Å². The molecular weight excluding hydrogens is 190 g/mol. The van der Waals surface area contributed by atoms with Crippen LogP contribution in [0.25, 0.3) is 11.3 Å². The van der Waals surface area contributed by atoms with Gasteiger partial charge < -0.3 is 10.5 Å². The Labute approximate surface area is 87.7 Å². The molecule has 76 valence electrons. The van der Waals surface area contributed by atoms with Crippen LogP contribution in [0.1, 0.15) is 0 Å². The van der Waals surface area contributed by atoms with E-state index in [1.54, 1.807) is 25.6 Å². The van der Waals surface area contributed by atoms with Gasteiger partial charge in [0.2, 0.25) is 5.88 Å². The van der Waals surface area contributed by atoms with Crippen LogP contribution >= 0.6 is 0 Å². The molecule has 0 aliphatic rings. The maximum Gasteiger partial charge on any atom is 0.212 e. The van der Waals surface area contributed by atoms with Crippen molar-refractivity contribution in [2.24, 2.45) is 0 Å². The minimum Gasteiger partial charge on any atom is -0.481 e. The third-order valence-corrected chi connectivity index (χ3v) is 2.03. The van der Waals surface area contributed by atoms with Crippen LogP contribution in [0.15, 0.2) is 36.7 Å². The summed E-state index contributed by atoms with van der Waals surface area (Å²) in [5, 5.41) is 0. The molecule has 2 N–H and O–H groups in total. The zero-order valence-corrected chi connectivity index (χ0v) is 8.34. The minimum absolute atomic E-state index is 0.592. The molecule has 0 radical (unpaired) electrons. The molecule has 2 heterocycles. The van der Waals surface area contributed by atoms with E-state index in [-0.39, 0.29) is 0 Å². The standard InChI is InChI=1S/C11H11N3O/c1-15-11-5-2-8(6-14-11)10-4-3-9(12)7-13-10/h2-7H,12H2,1H3. The zero-order chi connectivity index (χ0) is 10.7. The first-order valence-corrected chi connectivity index (χ1v) is 4.51. The summed E-state index contributed by atoms with van der Waals surface area (Å²) in [4.78, 5) is 8.30. The SMILES string of the molecule is COc1ccc(-c2ccc(N)cn2)cn1. The third-order valence-electron chi connectivity index (χ3n) is 2.03. The van der Waals surface area contributed by atoms with Crippen molar-refractivity contribution in [2.75, 3.05) is 12.8 Å². The van der Waals surface area contributed by atoms with E-state index in [4.69, 9.17) is 10.5 Å². The van der Waals surface area contributed by atoms with Crippen molar-refractivity contribution in [1.82, 2.24) is 9.97 Å². The summed E-state index contributed by atoms with van der Waals surface area (Å²) >= 11 is 0. The number of pyridine rings is 2. The molecule has 0 saturated carbocycles. The van der Waals surface area contributed by atoms with E-state index >= 15 is 0 Å². The number of hydrogen-bond donors (Lipinski definition) is 1. The molecule has 15 heavy (non-hydrogen) atoms. The van der Waals surface area contributed by atoms with Gasteiger partial charge >= 0.3 is 0 Å².